The van der Waals surface area contributed by atoms with E-state index in [1.807, 2.05) is 0 Å². The minimum Gasteiger partial charge on any atom is -0.218 e. The summed E-state index contributed by atoms with van der Waals surface area (Å²) in [5.74, 6) is 0. The number of rotatable bonds is 0. The minimum absolute atomic E-state index is 0.0613. The number of nitrogens with one attached hydrogen (secondary N) is 1. The molecule has 0 bridgehead atoms. The summed E-state index contributed by atoms with van der Waals surface area (Å²) in [5, 5.41) is 11.0. The molecule has 1 saturated heterocycles. The Morgan fingerprint density at radius 2 is 1.50 bits per heavy atom. The highest BCUT2D eigenvalue weighted by Gasteiger charge is 2.48. The lowest BCUT2D eigenvalue weighted by Crippen LogP contribution is -3.25. The lowest BCUT2D eigenvalue weighted by Gasteiger charge is -2.46. The molecule has 1 heterocycles. The van der Waals surface area contributed by atoms with Crippen LogP contribution in [0.2, 0.25) is 0 Å². The average molecular weight is 190 g/mol. The molecule has 0 amide bonds. The molecule has 0 saturated carbocycles. The van der Waals surface area contributed by atoms with Gasteiger partial charge >= 0.3 is 0 Å². The van der Waals surface area contributed by atoms with Crippen LogP contribution in [0, 0.1) is 0 Å². The van der Waals surface area contributed by atoms with Crippen molar-refractivity contribution in [3.05, 3.63) is 0 Å². The zero-order chi connectivity index (χ0) is 9.57. The molecule has 2 N–H and O–H groups in total. The van der Waals surface area contributed by atoms with Crippen LogP contribution in [0.25, 0.3) is 0 Å². The Labute approximate surface area is 80.3 Å². The van der Waals surface area contributed by atoms with Gasteiger partial charge in [-0.25, -0.2) is 5.21 Å². The summed E-state index contributed by atoms with van der Waals surface area (Å²) in [6.07, 6.45) is 1.96. The van der Waals surface area contributed by atoms with Crippen LogP contribution in [-0.4, -0.2) is 21.5 Å². The third-order valence-corrected chi connectivity index (χ3v) is 3.14. The first kappa shape index (κ1) is 10.4. The molecule has 3 heteroatoms. The SMILES string of the molecule is CC1(C)CC(S)CC(C)(C)[NH+]1O. The van der Waals surface area contributed by atoms with Gasteiger partial charge in [0.05, 0.1) is 0 Å². The van der Waals surface area contributed by atoms with Crippen molar-refractivity contribution in [1.29, 1.82) is 0 Å². The van der Waals surface area contributed by atoms with Crippen LogP contribution in [0.4, 0.5) is 0 Å². The van der Waals surface area contributed by atoms with Crippen LogP contribution >= 0.6 is 12.6 Å². The third-order valence-electron chi connectivity index (χ3n) is 2.77. The van der Waals surface area contributed by atoms with Gasteiger partial charge in [0.1, 0.15) is 11.1 Å². The Hall–Kier alpha value is 0.270. The molecule has 1 aliphatic rings. The number of hydroxylamine groups is 2. The van der Waals surface area contributed by atoms with Gasteiger partial charge in [-0.05, 0) is 27.7 Å². The van der Waals surface area contributed by atoms with Gasteiger partial charge < -0.3 is 0 Å². The summed E-state index contributed by atoms with van der Waals surface area (Å²) in [6, 6.07) is 0. The monoisotopic (exact) mass is 190 g/mol. The molecule has 0 aliphatic carbocycles. The topological polar surface area (TPSA) is 24.7 Å². The van der Waals surface area contributed by atoms with Gasteiger partial charge in [0.25, 0.3) is 0 Å². The van der Waals surface area contributed by atoms with E-state index in [1.54, 1.807) is 0 Å². The summed E-state index contributed by atoms with van der Waals surface area (Å²) in [6.45, 7) is 8.36. The Kier molecular flexibility index (Phi) is 2.50. The van der Waals surface area contributed by atoms with E-state index in [1.165, 1.54) is 0 Å². The Morgan fingerprint density at radius 1 is 1.17 bits per heavy atom. The molecule has 0 aromatic rings. The van der Waals surface area contributed by atoms with Gasteiger partial charge in [0, 0.05) is 18.1 Å². The molecule has 1 aliphatic heterocycles. The van der Waals surface area contributed by atoms with Crippen molar-refractivity contribution in [3.63, 3.8) is 0 Å². The molecule has 12 heavy (non-hydrogen) atoms. The van der Waals surface area contributed by atoms with Gasteiger partial charge in [-0.1, -0.05) is 0 Å². The second-order valence-corrected chi connectivity index (χ2v) is 5.91. The van der Waals surface area contributed by atoms with Crippen LogP contribution < -0.4 is 5.06 Å². The van der Waals surface area contributed by atoms with Crippen molar-refractivity contribution < 1.29 is 10.3 Å². The summed E-state index contributed by atoms with van der Waals surface area (Å²) in [7, 11) is 0. The van der Waals surface area contributed by atoms with E-state index in [2.05, 4.69) is 40.3 Å². The summed E-state index contributed by atoms with van der Waals surface area (Å²) >= 11 is 4.50. The van der Waals surface area contributed by atoms with E-state index in [-0.39, 0.29) is 11.1 Å². The molecule has 0 atom stereocenters. The minimum atomic E-state index is -0.0613. The Morgan fingerprint density at radius 3 is 1.83 bits per heavy atom. The maximum Gasteiger partial charge on any atom is 0.123 e. The van der Waals surface area contributed by atoms with Crippen molar-refractivity contribution in [2.45, 2.75) is 56.9 Å². The normalized spacial score (nSPS) is 39.5. The number of hydrogen-bond acceptors (Lipinski definition) is 2. The smallest absolute Gasteiger partial charge is 0.123 e. The first-order valence-corrected chi connectivity index (χ1v) is 5.02. The fraction of sp³-hybridized carbons (Fsp3) is 1.00. The van der Waals surface area contributed by atoms with E-state index in [9.17, 15) is 5.21 Å². The van der Waals surface area contributed by atoms with Crippen LogP contribution in [0.3, 0.4) is 0 Å². The largest absolute Gasteiger partial charge is 0.218 e. The van der Waals surface area contributed by atoms with Gasteiger partial charge in [-0.15, -0.1) is 0 Å². The lowest BCUT2D eigenvalue weighted by molar-refractivity contribution is -1.16. The average Bonchev–Trinajstić information content (AvgIpc) is 1.80. The number of hydrogen-bond donors (Lipinski definition) is 3. The third kappa shape index (κ3) is 1.78. The molecule has 2 nitrogen and oxygen atoms in total. The van der Waals surface area contributed by atoms with Crippen LogP contribution in [0.5, 0.6) is 0 Å². The molecule has 1 fully saturated rings. The standard InChI is InChI=1S/C9H19NOS/c1-8(2)5-7(12)6-9(3,4)10(8)11/h7,11-12H,5-6H2,1-4H3/p+1. The zero-order valence-electron chi connectivity index (χ0n) is 8.39. The second-order valence-electron chi connectivity index (χ2n) is 5.18. The summed E-state index contributed by atoms with van der Waals surface area (Å²) in [5.41, 5.74) is -0.123. The Balaban J connectivity index is 2.84. The number of quaternary nitrogens is 1. The fourth-order valence-corrected chi connectivity index (χ4v) is 3.27. The molecule has 0 aromatic carbocycles. The quantitative estimate of drug-likeness (QED) is 0.486. The van der Waals surface area contributed by atoms with Gasteiger partial charge in [0.2, 0.25) is 0 Å². The number of piperidine rings is 1. The van der Waals surface area contributed by atoms with E-state index in [0.717, 1.165) is 12.8 Å². The Bertz CT molecular complexity index is 161. The van der Waals surface area contributed by atoms with Crippen molar-refractivity contribution in [2.24, 2.45) is 0 Å². The zero-order valence-corrected chi connectivity index (χ0v) is 9.28. The van der Waals surface area contributed by atoms with Gasteiger partial charge in [0.15, 0.2) is 0 Å². The second kappa shape index (κ2) is 2.89. The first-order chi connectivity index (χ1) is 5.26. The first-order valence-electron chi connectivity index (χ1n) is 4.51. The van der Waals surface area contributed by atoms with Crippen LogP contribution in [-0.2, 0) is 0 Å². The van der Waals surface area contributed by atoms with E-state index < -0.39 is 0 Å². The molecule has 0 aromatic heterocycles. The van der Waals surface area contributed by atoms with Crippen LogP contribution in [0.15, 0.2) is 0 Å². The fourth-order valence-electron chi connectivity index (χ4n) is 2.36. The maximum atomic E-state index is 9.97. The highest BCUT2D eigenvalue weighted by Crippen LogP contribution is 2.26. The lowest BCUT2D eigenvalue weighted by atomic mass is 9.82. The summed E-state index contributed by atoms with van der Waals surface area (Å²) < 4.78 is 0. The molecular weight excluding hydrogens is 170 g/mol. The summed E-state index contributed by atoms with van der Waals surface area (Å²) in [4.78, 5) is 0. The molecule has 1 rings (SSSR count). The molecule has 72 valence electrons. The maximum absolute atomic E-state index is 9.97. The molecule has 0 spiro atoms. The molecular formula is C9H20NOS+. The van der Waals surface area contributed by atoms with Crippen LogP contribution in [0.1, 0.15) is 40.5 Å². The molecule has 0 unspecified atom stereocenters. The predicted molar refractivity (Wildman–Crippen MR) is 52.9 cm³/mol. The number of thiol groups is 1. The van der Waals surface area contributed by atoms with E-state index in [4.69, 9.17) is 0 Å². The van der Waals surface area contributed by atoms with Crippen molar-refractivity contribution in [3.8, 4) is 0 Å². The van der Waals surface area contributed by atoms with Crippen molar-refractivity contribution >= 4 is 12.6 Å². The van der Waals surface area contributed by atoms with Crippen molar-refractivity contribution in [2.75, 3.05) is 0 Å². The predicted octanol–water partition coefficient (Wildman–Crippen LogP) is 0.910. The van der Waals surface area contributed by atoms with Gasteiger partial charge in [-0.2, -0.15) is 17.7 Å². The molecule has 0 radical (unpaired) electrons. The van der Waals surface area contributed by atoms with Gasteiger partial charge in [-0.3, -0.25) is 0 Å². The highest BCUT2D eigenvalue weighted by atomic mass is 32.1. The van der Waals surface area contributed by atoms with E-state index >= 15 is 0 Å². The van der Waals surface area contributed by atoms with E-state index in [0.29, 0.717) is 10.3 Å². The highest BCUT2D eigenvalue weighted by molar-refractivity contribution is 7.80. The van der Waals surface area contributed by atoms with Crippen molar-refractivity contribution in [1.82, 2.24) is 0 Å².